The Morgan fingerprint density at radius 2 is 1.10 bits per heavy atom. The van der Waals surface area contributed by atoms with Crippen LogP contribution in [0, 0.1) is 23.3 Å². The second kappa shape index (κ2) is 15.8. The summed E-state index contributed by atoms with van der Waals surface area (Å²) >= 11 is 0. The Labute approximate surface area is 273 Å². The van der Waals surface area contributed by atoms with Gasteiger partial charge in [-0.15, -0.1) is 0 Å². The van der Waals surface area contributed by atoms with Crippen molar-refractivity contribution in [2.45, 2.75) is 75.7 Å². The standard InChI is InChI=1S/2C16H18F2N4O2/c17-9-1-6-13(12(18)7-9)24-14-8-20-16(19)22-15(14)21-10-2-4-11(23)5-3-10;17-11-2-1-3-12(18)14(11)24-13-8-20-16(19)22-15(13)21-9-4-6-10(23)7-5-9/h1,6-8,10-11,23H,2-5H2,(H3,19,20,21,22);1-3,8-10,23H,4-7H2,(H3,19,20,21,22)/t10-,11-;9-,10-. The van der Waals surface area contributed by atoms with Gasteiger partial charge in [0.2, 0.25) is 11.9 Å². The minimum Gasteiger partial charge on any atom is -0.449 e. The average molecular weight is 673 g/mol. The summed E-state index contributed by atoms with van der Waals surface area (Å²) in [6, 6.07) is 6.66. The minimum absolute atomic E-state index is 0.0229. The van der Waals surface area contributed by atoms with E-state index in [1.165, 1.54) is 24.5 Å². The number of para-hydroxylation sites is 1. The van der Waals surface area contributed by atoms with Crippen LogP contribution in [0.25, 0.3) is 0 Å². The SMILES string of the molecule is Nc1ncc(Oc2c(F)cccc2F)c(N[C@H]2CC[C@H](O)CC2)n1.Nc1ncc(Oc2ccc(F)cc2F)c(N[C@H]2CC[C@H](O)CC2)n1. The van der Waals surface area contributed by atoms with Gasteiger partial charge in [-0.1, -0.05) is 6.07 Å². The lowest BCUT2D eigenvalue weighted by molar-refractivity contribution is 0.125. The molecule has 0 saturated heterocycles. The summed E-state index contributed by atoms with van der Waals surface area (Å²) in [7, 11) is 0. The number of halogens is 4. The Bertz CT molecular complexity index is 1670. The van der Waals surface area contributed by atoms with Crippen molar-refractivity contribution in [2.24, 2.45) is 0 Å². The lowest BCUT2D eigenvalue weighted by Gasteiger charge is -2.27. The Morgan fingerprint density at radius 1 is 0.625 bits per heavy atom. The number of aliphatic hydroxyl groups excluding tert-OH is 2. The normalized spacial score (nSPS) is 20.6. The van der Waals surface area contributed by atoms with E-state index in [1.54, 1.807) is 0 Å². The van der Waals surface area contributed by atoms with Crippen molar-refractivity contribution in [2.75, 3.05) is 22.1 Å². The molecule has 0 aliphatic heterocycles. The van der Waals surface area contributed by atoms with Gasteiger partial charge in [0.1, 0.15) is 5.82 Å². The molecule has 0 amide bonds. The van der Waals surface area contributed by atoms with Crippen molar-refractivity contribution in [3.8, 4) is 23.0 Å². The number of hydrogen-bond acceptors (Lipinski definition) is 12. The molecule has 0 unspecified atom stereocenters. The molecule has 0 atom stereocenters. The van der Waals surface area contributed by atoms with E-state index in [0.717, 1.165) is 49.9 Å². The molecule has 2 fully saturated rings. The van der Waals surface area contributed by atoms with Crippen LogP contribution in [-0.4, -0.2) is 54.4 Å². The summed E-state index contributed by atoms with van der Waals surface area (Å²) in [6.45, 7) is 0. The number of nitrogens with one attached hydrogen (secondary N) is 2. The van der Waals surface area contributed by atoms with Crippen molar-refractivity contribution in [3.05, 3.63) is 72.1 Å². The van der Waals surface area contributed by atoms with E-state index in [0.29, 0.717) is 31.5 Å². The van der Waals surface area contributed by atoms with Gasteiger partial charge in [0, 0.05) is 18.2 Å². The highest BCUT2D eigenvalue weighted by Gasteiger charge is 2.23. The Morgan fingerprint density at radius 3 is 1.58 bits per heavy atom. The summed E-state index contributed by atoms with van der Waals surface area (Å²) in [5.41, 5.74) is 11.2. The van der Waals surface area contributed by atoms with Gasteiger partial charge in [-0.25, -0.2) is 27.5 Å². The largest absolute Gasteiger partial charge is 0.449 e. The molecule has 4 aromatic rings. The van der Waals surface area contributed by atoms with E-state index in [2.05, 4.69) is 30.6 Å². The number of nitrogens with zero attached hydrogens (tertiary/aromatic N) is 4. The highest BCUT2D eigenvalue weighted by Crippen LogP contribution is 2.34. The van der Waals surface area contributed by atoms with Crippen LogP contribution in [0.4, 0.5) is 41.1 Å². The number of ether oxygens (including phenoxy) is 2. The van der Waals surface area contributed by atoms with Crippen LogP contribution in [-0.2, 0) is 0 Å². The van der Waals surface area contributed by atoms with Gasteiger partial charge in [0.25, 0.3) is 0 Å². The number of nitrogens with two attached hydrogens (primary N) is 2. The van der Waals surface area contributed by atoms with Crippen molar-refractivity contribution < 1.29 is 37.2 Å². The second-order valence-electron chi connectivity index (χ2n) is 11.5. The summed E-state index contributed by atoms with van der Waals surface area (Å²) in [5, 5.41) is 25.5. The highest BCUT2D eigenvalue weighted by atomic mass is 19.1. The molecule has 2 aliphatic carbocycles. The average Bonchev–Trinajstić information content (AvgIpc) is 3.05. The first-order valence-electron chi connectivity index (χ1n) is 15.4. The zero-order valence-electron chi connectivity index (χ0n) is 25.8. The Balaban J connectivity index is 0.000000188. The van der Waals surface area contributed by atoms with Gasteiger partial charge in [0.15, 0.2) is 52.1 Å². The highest BCUT2D eigenvalue weighted by molar-refractivity contribution is 5.54. The first-order chi connectivity index (χ1) is 23.0. The predicted molar refractivity (Wildman–Crippen MR) is 170 cm³/mol. The van der Waals surface area contributed by atoms with E-state index in [4.69, 9.17) is 20.9 Å². The molecule has 0 spiro atoms. The van der Waals surface area contributed by atoms with Gasteiger partial charge < -0.3 is 41.8 Å². The molecule has 2 aromatic carbocycles. The monoisotopic (exact) mass is 672 g/mol. The summed E-state index contributed by atoms with van der Waals surface area (Å²) < 4.78 is 65.1. The molecule has 6 rings (SSSR count). The fourth-order valence-corrected chi connectivity index (χ4v) is 5.32. The summed E-state index contributed by atoms with van der Waals surface area (Å²) in [5.74, 6) is -2.84. The maximum Gasteiger partial charge on any atom is 0.222 e. The molecule has 0 bridgehead atoms. The van der Waals surface area contributed by atoms with Crippen LogP contribution in [0.1, 0.15) is 51.4 Å². The molecular formula is C32H36F4N8O4. The first kappa shape index (κ1) is 34.4. The molecule has 2 aliphatic rings. The van der Waals surface area contributed by atoms with Crippen molar-refractivity contribution >= 4 is 23.5 Å². The number of aliphatic hydroxyl groups is 2. The molecule has 2 saturated carbocycles. The van der Waals surface area contributed by atoms with Crippen LogP contribution in [0.2, 0.25) is 0 Å². The lowest BCUT2D eigenvalue weighted by atomic mass is 9.93. The number of rotatable bonds is 8. The molecule has 0 radical (unpaired) electrons. The van der Waals surface area contributed by atoms with Crippen molar-refractivity contribution in [1.82, 2.24) is 19.9 Å². The van der Waals surface area contributed by atoms with Gasteiger partial charge in [-0.3, -0.25) is 0 Å². The second-order valence-corrected chi connectivity index (χ2v) is 11.5. The summed E-state index contributed by atoms with van der Waals surface area (Å²) in [6.07, 6.45) is 7.83. The van der Waals surface area contributed by atoms with Gasteiger partial charge >= 0.3 is 0 Å². The fourth-order valence-electron chi connectivity index (χ4n) is 5.32. The fraction of sp³-hybridized carbons (Fsp3) is 0.375. The van der Waals surface area contributed by atoms with E-state index in [1.807, 2.05) is 0 Å². The molecule has 48 heavy (non-hydrogen) atoms. The third-order valence-electron chi connectivity index (χ3n) is 7.87. The smallest absolute Gasteiger partial charge is 0.222 e. The molecule has 256 valence electrons. The van der Waals surface area contributed by atoms with E-state index in [-0.39, 0.29) is 59.3 Å². The van der Waals surface area contributed by atoms with E-state index in [9.17, 15) is 27.8 Å². The van der Waals surface area contributed by atoms with Crippen LogP contribution in [0.15, 0.2) is 48.8 Å². The maximum absolute atomic E-state index is 13.8. The zero-order valence-corrected chi connectivity index (χ0v) is 25.8. The number of hydrogen-bond donors (Lipinski definition) is 6. The zero-order chi connectivity index (χ0) is 34.2. The third-order valence-corrected chi connectivity index (χ3v) is 7.87. The van der Waals surface area contributed by atoms with Gasteiger partial charge in [-0.05, 0) is 75.6 Å². The predicted octanol–water partition coefficient (Wildman–Crippen LogP) is 5.69. The van der Waals surface area contributed by atoms with E-state index >= 15 is 0 Å². The number of benzene rings is 2. The number of aromatic nitrogens is 4. The molecule has 2 aromatic heterocycles. The van der Waals surface area contributed by atoms with Crippen LogP contribution < -0.4 is 31.6 Å². The summed E-state index contributed by atoms with van der Waals surface area (Å²) in [4.78, 5) is 15.8. The molecule has 8 N–H and O–H groups in total. The van der Waals surface area contributed by atoms with Crippen LogP contribution in [0.3, 0.4) is 0 Å². The first-order valence-corrected chi connectivity index (χ1v) is 15.4. The van der Waals surface area contributed by atoms with Crippen LogP contribution in [0.5, 0.6) is 23.0 Å². The van der Waals surface area contributed by atoms with Crippen molar-refractivity contribution in [1.29, 1.82) is 0 Å². The van der Waals surface area contributed by atoms with E-state index < -0.39 is 29.0 Å². The lowest BCUT2D eigenvalue weighted by Crippen LogP contribution is -2.28. The number of anilines is 4. The molecular weight excluding hydrogens is 636 g/mol. The van der Waals surface area contributed by atoms with Gasteiger partial charge in [0.05, 0.1) is 24.6 Å². The Kier molecular flexibility index (Phi) is 11.3. The molecule has 16 heteroatoms. The van der Waals surface area contributed by atoms with Crippen LogP contribution >= 0.6 is 0 Å². The van der Waals surface area contributed by atoms with Crippen molar-refractivity contribution in [3.63, 3.8) is 0 Å². The Hall–Kier alpha value is -4.96. The third kappa shape index (κ3) is 9.32. The minimum atomic E-state index is -0.821. The quantitative estimate of drug-likeness (QED) is 0.126. The number of nitrogen functional groups attached to an aromatic ring is 2. The molecule has 12 nitrogen and oxygen atoms in total. The topological polar surface area (TPSA) is 187 Å². The maximum atomic E-state index is 13.8. The molecule has 2 heterocycles. The van der Waals surface area contributed by atoms with Gasteiger partial charge in [-0.2, -0.15) is 9.97 Å².